The van der Waals surface area contributed by atoms with Crippen LogP contribution in [-0.4, -0.2) is 19.3 Å². The molecule has 1 aromatic heterocycles. The predicted molar refractivity (Wildman–Crippen MR) is 118 cm³/mol. The van der Waals surface area contributed by atoms with E-state index in [2.05, 4.69) is 11.5 Å². The molecule has 0 saturated carbocycles. The van der Waals surface area contributed by atoms with Gasteiger partial charge in [0.25, 0.3) is 0 Å². The van der Waals surface area contributed by atoms with Crippen molar-refractivity contribution in [2.24, 2.45) is 0 Å². The number of rotatable bonds is 6. The van der Waals surface area contributed by atoms with Crippen molar-refractivity contribution < 1.29 is 13.2 Å². The molecule has 0 bridgehead atoms. The normalized spacial score (nSPS) is 14.2. The number of aldehydes is 1. The summed E-state index contributed by atoms with van der Waals surface area (Å²) in [4.78, 5) is 12.0. The van der Waals surface area contributed by atoms with Crippen molar-refractivity contribution in [2.75, 3.05) is 0 Å². The van der Waals surface area contributed by atoms with Crippen molar-refractivity contribution >= 4 is 16.1 Å². The summed E-state index contributed by atoms with van der Waals surface area (Å²) in [6.07, 6.45) is 6.94. The molecule has 5 heteroatoms. The molecule has 4 nitrogen and oxygen atoms in total. The Kier molecular flexibility index (Phi) is 5.91. The van der Waals surface area contributed by atoms with E-state index in [1.807, 2.05) is 18.2 Å². The minimum Gasteiger partial charge on any atom is -0.341 e. The van der Waals surface area contributed by atoms with Gasteiger partial charge in [0.15, 0.2) is 0 Å². The van der Waals surface area contributed by atoms with Gasteiger partial charge in [-0.3, -0.25) is 0 Å². The predicted octanol–water partition coefficient (Wildman–Crippen LogP) is 4.69. The third-order valence-electron chi connectivity index (χ3n) is 6.16. The molecular weight excluding hydrogens is 394 g/mol. The molecule has 30 heavy (non-hydrogen) atoms. The van der Waals surface area contributed by atoms with Gasteiger partial charge < -0.3 is 9.36 Å². The summed E-state index contributed by atoms with van der Waals surface area (Å²) in [6, 6.07) is 15.9. The van der Waals surface area contributed by atoms with Crippen LogP contribution in [0.4, 0.5) is 0 Å². The summed E-state index contributed by atoms with van der Waals surface area (Å²) in [7, 11) is -3.60. The van der Waals surface area contributed by atoms with Crippen LogP contribution in [0.2, 0.25) is 0 Å². The zero-order valence-corrected chi connectivity index (χ0v) is 18.1. The fourth-order valence-electron chi connectivity index (χ4n) is 4.66. The Morgan fingerprint density at radius 2 is 1.63 bits per heavy atom. The average molecular weight is 422 g/mol. The van der Waals surface area contributed by atoms with E-state index in [4.69, 9.17) is 0 Å². The lowest BCUT2D eigenvalue weighted by molar-refractivity contribution is -0.108. The standard InChI is InChI=1S/C25H27NO3S/c1-19-23(22-13-6-3-7-14-24(22)26(19)16-17-27)18-20-10-8-9-15-25(20)30(28,29)21-11-4-2-5-12-21/h2,4-5,8-12,15,17H,3,6-7,13-14,16,18H2,1H3. The van der Waals surface area contributed by atoms with Gasteiger partial charge in [-0.05, 0) is 67.5 Å². The van der Waals surface area contributed by atoms with E-state index in [0.29, 0.717) is 22.8 Å². The van der Waals surface area contributed by atoms with Gasteiger partial charge in [0.2, 0.25) is 9.84 Å². The number of nitrogens with zero attached hydrogens (tertiary/aromatic N) is 1. The SMILES string of the molecule is Cc1c(Cc2ccccc2S(=O)(=O)c2ccccc2)c2c(n1CC=O)CCCCC2. The van der Waals surface area contributed by atoms with Crippen molar-refractivity contribution in [3.63, 3.8) is 0 Å². The van der Waals surface area contributed by atoms with Gasteiger partial charge in [-0.25, -0.2) is 8.42 Å². The number of aromatic nitrogens is 1. The molecule has 0 aliphatic heterocycles. The second-order valence-corrected chi connectivity index (χ2v) is 9.85. The molecule has 1 aliphatic rings. The molecule has 0 atom stereocenters. The second kappa shape index (κ2) is 8.60. The lowest BCUT2D eigenvalue weighted by Gasteiger charge is -2.12. The van der Waals surface area contributed by atoms with Crippen LogP contribution < -0.4 is 0 Å². The van der Waals surface area contributed by atoms with Crippen LogP contribution in [0, 0.1) is 6.92 Å². The second-order valence-electron chi connectivity index (χ2n) is 7.93. The summed E-state index contributed by atoms with van der Waals surface area (Å²) in [5.41, 5.74) is 5.65. The Bertz CT molecular complexity index is 1160. The first-order valence-electron chi connectivity index (χ1n) is 10.6. The van der Waals surface area contributed by atoms with E-state index >= 15 is 0 Å². The van der Waals surface area contributed by atoms with Gasteiger partial charge in [0.05, 0.1) is 16.3 Å². The lowest BCUT2D eigenvalue weighted by Crippen LogP contribution is -2.08. The summed E-state index contributed by atoms with van der Waals surface area (Å²) < 4.78 is 28.8. The zero-order chi connectivity index (χ0) is 21.1. The highest BCUT2D eigenvalue weighted by molar-refractivity contribution is 7.91. The van der Waals surface area contributed by atoms with Crippen molar-refractivity contribution in [3.8, 4) is 0 Å². The van der Waals surface area contributed by atoms with Crippen LogP contribution in [0.1, 0.15) is 47.3 Å². The molecule has 0 saturated heterocycles. The summed E-state index contributed by atoms with van der Waals surface area (Å²) in [5.74, 6) is 0. The van der Waals surface area contributed by atoms with Gasteiger partial charge in [-0.15, -0.1) is 0 Å². The molecule has 156 valence electrons. The minimum atomic E-state index is -3.60. The first-order valence-corrected chi connectivity index (χ1v) is 12.0. The smallest absolute Gasteiger partial charge is 0.206 e. The number of carbonyl (C=O) groups excluding carboxylic acids is 1. The first kappa shape index (κ1) is 20.6. The van der Waals surface area contributed by atoms with E-state index in [0.717, 1.165) is 43.2 Å². The molecule has 0 unspecified atom stereocenters. The van der Waals surface area contributed by atoms with Crippen LogP contribution >= 0.6 is 0 Å². The number of carbonyl (C=O) groups is 1. The Balaban J connectivity index is 1.81. The van der Waals surface area contributed by atoms with E-state index in [-0.39, 0.29) is 0 Å². The van der Waals surface area contributed by atoms with E-state index in [1.54, 1.807) is 36.4 Å². The van der Waals surface area contributed by atoms with Crippen LogP contribution in [-0.2, 0) is 40.4 Å². The van der Waals surface area contributed by atoms with Crippen LogP contribution in [0.3, 0.4) is 0 Å². The number of sulfone groups is 1. The number of hydrogen-bond acceptors (Lipinski definition) is 3. The van der Waals surface area contributed by atoms with Gasteiger partial charge >= 0.3 is 0 Å². The highest BCUT2D eigenvalue weighted by Gasteiger charge is 2.25. The maximum atomic E-state index is 13.3. The van der Waals surface area contributed by atoms with Gasteiger partial charge in [-0.2, -0.15) is 0 Å². The Morgan fingerprint density at radius 3 is 2.40 bits per heavy atom. The Hall–Kier alpha value is -2.66. The molecular formula is C25H27NO3S. The average Bonchev–Trinajstić information content (AvgIpc) is 2.92. The van der Waals surface area contributed by atoms with Crippen LogP contribution in [0.25, 0.3) is 0 Å². The molecule has 0 spiro atoms. The molecule has 1 heterocycles. The molecule has 4 rings (SSSR count). The molecule has 2 aromatic carbocycles. The molecule has 3 aromatic rings. The number of benzene rings is 2. The first-order chi connectivity index (χ1) is 14.5. The van der Waals surface area contributed by atoms with E-state index < -0.39 is 9.84 Å². The number of hydrogen-bond donors (Lipinski definition) is 0. The van der Waals surface area contributed by atoms with E-state index in [9.17, 15) is 13.2 Å². The van der Waals surface area contributed by atoms with E-state index in [1.165, 1.54) is 23.2 Å². The highest BCUT2D eigenvalue weighted by Crippen LogP contribution is 2.33. The topological polar surface area (TPSA) is 56.1 Å². The fourth-order valence-corrected chi connectivity index (χ4v) is 6.17. The lowest BCUT2D eigenvalue weighted by atomic mass is 9.98. The summed E-state index contributed by atoms with van der Waals surface area (Å²) in [5, 5.41) is 0. The minimum absolute atomic E-state index is 0.312. The van der Waals surface area contributed by atoms with Gasteiger partial charge in [0, 0.05) is 17.8 Å². The Labute approximate surface area is 178 Å². The van der Waals surface area contributed by atoms with Crippen LogP contribution in [0.5, 0.6) is 0 Å². The maximum Gasteiger partial charge on any atom is 0.206 e. The molecule has 1 aliphatic carbocycles. The molecule has 0 amide bonds. The summed E-state index contributed by atoms with van der Waals surface area (Å²) >= 11 is 0. The van der Waals surface area contributed by atoms with Crippen molar-refractivity contribution in [3.05, 3.63) is 82.7 Å². The highest BCUT2D eigenvalue weighted by atomic mass is 32.2. The van der Waals surface area contributed by atoms with Gasteiger partial charge in [-0.1, -0.05) is 42.8 Å². The number of fused-ring (bicyclic) bond motifs is 1. The zero-order valence-electron chi connectivity index (χ0n) is 17.3. The monoisotopic (exact) mass is 421 g/mol. The maximum absolute atomic E-state index is 13.3. The van der Waals surface area contributed by atoms with Crippen LogP contribution in [0.15, 0.2) is 64.4 Å². The van der Waals surface area contributed by atoms with Crippen molar-refractivity contribution in [1.29, 1.82) is 0 Å². The Morgan fingerprint density at radius 1 is 0.933 bits per heavy atom. The molecule has 0 radical (unpaired) electrons. The molecule has 0 N–H and O–H groups in total. The van der Waals surface area contributed by atoms with Crippen molar-refractivity contribution in [1.82, 2.24) is 4.57 Å². The quantitative estimate of drug-likeness (QED) is 0.429. The van der Waals surface area contributed by atoms with Crippen molar-refractivity contribution in [2.45, 2.75) is 61.8 Å². The summed E-state index contributed by atoms with van der Waals surface area (Å²) in [6.45, 7) is 2.42. The van der Waals surface area contributed by atoms with Gasteiger partial charge in [0.1, 0.15) is 6.29 Å². The molecule has 0 fully saturated rings. The third-order valence-corrected chi connectivity index (χ3v) is 8.03. The largest absolute Gasteiger partial charge is 0.341 e. The third kappa shape index (κ3) is 3.74. The fraction of sp³-hybridized carbons (Fsp3) is 0.320.